The maximum Gasteiger partial charge on any atom is 0.204 e. The van der Waals surface area contributed by atoms with E-state index >= 15 is 0 Å². The van der Waals surface area contributed by atoms with Crippen LogP contribution in [-0.2, 0) is 16.2 Å². The van der Waals surface area contributed by atoms with Crippen LogP contribution in [0.1, 0.15) is 44.9 Å². The first kappa shape index (κ1) is 21.6. The number of fused-ring (bicyclic) bond motifs is 5. The molecule has 7 nitrogen and oxygen atoms in total. The van der Waals surface area contributed by atoms with E-state index in [4.69, 9.17) is 23.7 Å². The van der Waals surface area contributed by atoms with Crippen LogP contribution in [-0.4, -0.2) is 23.9 Å². The number of phenols is 1. The maximum atomic E-state index is 13.6. The van der Waals surface area contributed by atoms with E-state index in [-0.39, 0.29) is 28.3 Å². The third-order valence-electron chi connectivity index (χ3n) is 6.27. The predicted molar refractivity (Wildman–Crippen MR) is 123 cm³/mol. The molecule has 7 heteroatoms. The topological polar surface area (TPSA) is 87.4 Å². The molecule has 0 bridgehead atoms. The van der Waals surface area contributed by atoms with E-state index in [1.54, 1.807) is 31.4 Å². The average Bonchev–Trinajstić information content (AvgIpc) is 2.73. The van der Waals surface area contributed by atoms with Crippen LogP contribution in [0.3, 0.4) is 0 Å². The highest BCUT2D eigenvalue weighted by Gasteiger charge is 2.55. The molecule has 172 valence electrons. The van der Waals surface area contributed by atoms with E-state index in [0.717, 1.165) is 5.57 Å². The molecule has 1 fully saturated rings. The van der Waals surface area contributed by atoms with E-state index in [2.05, 4.69) is 0 Å². The van der Waals surface area contributed by atoms with Crippen molar-refractivity contribution < 1.29 is 28.8 Å². The summed E-state index contributed by atoms with van der Waals surface area (Å²) < 4.78 is 17.5. The van der Waals surface area contributed by atoms with Crippen molar-refractivity contribution in [1.82, 2.24) is 0 Å². The minimum Gasteiger partial charge on any atom is -0.507 e. The zero-order chi connectivity index (χ0) is 23.5. The van der Waals surface area contributed by atoms with Gasteiger partial charge in [0, 0.05) is 5.56 Å². The van der Waals surface area contributed by atoms with Crippen molar-refractivity contribution >= 4 is 11.0 Å². The van der Waals surface area contributed by atoms with Crippen LogP contribution in [0.25, 0.3) is 22.1 Å². The summed E-state index contributed by atoms with van der Waals surface area (Å²) in [5, 5.41) is 11.4. The molecule has 3 aromatic rings. The molecule has 1 aromatic heterocycles. The molecule has 2 aliphatic heterocycles. The molecule has 5 rings (SSSR count). The van der Waals surface area contributed by atoms with E-state index in [0.29, 0.717) is 40.2 Å². The molecule has 1 N–H and O–H groups in total. The van der Waals surface area contributed by atoms with Crippen molar-refractivity contribution in [2.24, 2.45) is 0 Å². The smallest absolute Gasteiger partial charge is 0.204 e. The molecular weight excluding hydrogens is 424 g/mol. The lowest BCUT2D eigenvalue weighted by Crippen LogP contribution is -2.56. The number of hydrogen-bond acceptors (Lipinski definition) is 7. The van der Waals surface area contributed by atoms with Crippen molar-refractivity contribution in [2.75, 3.05) is 7.11 Å². The Morgan fingerprint density at radius 3 is 2.52 bits per heavy atom. The Morgan fingerprint density at radius 2 is 1.91 bits per heavy atom. The van der Waals surface area contributed by atoms with Gasteiger partial charge in [0.1, 0.15) is 34.5 Å². The summed E-state index contributed by atoms with van der Waals surface area (Å²) in [4.78, 5) is 24.4. The normalized spacial score (nSPS) is 20.3. The van der Waals surface area contributed by atoms with Crippen LogP contribution in [0.5, 0.6) is 17.2 Å². The summed E-state index contributed by atoms with van der Waals surface area (Å²) >= 11 is 0. The molecule has 2 aliphatic rings. The molecule has 1 saturated heterocycles. The van der Waals surface area contributed by atoms with Crippen LogP contribution in [0, 0.1) is 0 Å². The van der Waals surface area contributed by atoms with Gasteiger partial charge in [0.25, 0.3) is 0 Å². The first-order valence-electron chi connectivity index (χ1n) is 10.8. The number of hydrogen-bond donors (Lipinski definition) is 1. The van der Waals surface area contributed by atoms with Gasteiger partial charge >= 0.3 is 0 Å². The summed E-state index contributed by atoms with van der Waals surface area (Å²) in [5.74, 6) is 1.02. The molecular formula is C26H26O7. The van der Waals surface area contributed by atoms with Crippen molar-refractivity contribution in [3.63, 3.8) is 0 Å². The molecule has 0 spiro atoms. The second-order valence-electron chi connectivity index (χ2n) is 9.21. The summed E-state index contributed by atoms with van der Waals surface area (Å²) in [6.07, 6.45) is 2.97. The summed E-state index contributed by atoms with van der Waals surface area (Å²) in [5.41, 5.74) is 2.44. The summed E-state index contributed by atoms with van der Waals surface area (Å²) in [6.45, 7) is 7.77. The number of aromatic hydroxyl groups is 1. The molecule has 0 aliphatic carbocycles. The SMILES string of the molecule is COc1ccc(-c2coc3c4c(c(CC=C(C)C)c(O)c3c2=O)OC(C)(C)[C@H]2OO[C@@H]42)cc1. The van der Waals surface area contributed by atoms with Gasteiger partial charge in [0.15, 0.2) is 17.8 Å². The van der Waals surface area contributed by atoms with Crippen LogP contribution >= 0.6 is 0 Å². The fraction of sp³-hybridized carbons (Fsp3) is 0.346. The van der Waals surface area contributed by atoms with Gasteiger partial charge in [-0.2, -0.15) is 0 Å². The van der Waals surface area contributed by atoms with Gasteiger partial charge in [-0.15, -0.1) is 0 Å². The zero-order valence-corrected chi connectivity index (χ0v) is 19.2. The van der Waals surface area contributed by atoms with E-state index < -0.39 is 11.7 Å². The number of allylic oxidation sites excluding steroid dienone is 2. The molecule has 0 radical (unpaired) electrons. The molecule has 2 aromatic carbocycles. The Labute approximate surface area is 191 Å². The fourth-order valence-corrected chi connectivity index (χ4v) is 4.41. The third-order valence-corrected chi connectivity index (χ3v) is 6.27. The van der Waals surface area contributed by atoms with Crippen molar-refractivity contribution in [1.29, 1.82) is 0 Å². The maximum absolute atomic E-state index is 13.6. The molecule has 2 atom stereocenters. The van der Waals surface area contributed by atoms with E-state index in [9.17, 15) is 9.90 Å². The molecule has 3 heterocycles. The number of methoxy groups -OCH3 is 1. The summed E-state index contributed by atoms with van der Waals surface area (Å²) in [6, 6.07) is 7.10. The highest BCUT2D eigenvalue weighted by molar-refractivity contribution is 5.93. The number of rotatable bonds is 4. The number of ether oxygens (including phenoxy) is 2. The summed E-state index contributed by atoms with van der Waals surface area (Å²) in [7, 11) is 1.58. The molecule has 0 amide bonds. The van der Waals surface area contributed by atoms with Gasteiger partial charge in [-0.25, -0.2) is 9.78 Å². The Balaban J connectivity index is 1.79. The highest BCUT2D eigenvalue weighted by Crippen LogP contribution is 2.54. The Hall–Kier alpha value is -3.29. The first-order valence-corrected chi connectivity index (χ1v) is 10.8. The standard InChI is InChI=1S/C26H26O7/c1-13(2)6-11-16-20(27)18-21(28)17(14-7-9-15(29-5)10-8-14)12-30-23(18)19-22(16)31-26(3,4)25-24(19)32-33-25/h6-10,12,24-25,27H,11H2,1-5H3/t24-,25-/m0/s1. The van der Waals surface area contributed by atoms with Gasteiger partial charge < -0.3 is 19.0 Å². The second-order valence-corrected chi connectivity index (χ2v) is 9.21. The van der Waals surface area contributed by atoms with Crippen LogP contribution in [0.4, 0.5) is 0 Å². The van der Waals surface area contributed by atoms with Gasteiger partial charge in [-0.1, -0.05) is 23.8 Å². The zero-order valence-electron chi connectivity index (χ0n) is 19.2. The Morgan fingerprint density at radius 1 is 1.18 bits per heavy atom. The molecule has 33 heavy (non-hydrogen) atoms. The number of benzene rings is 2. The van der Waals surface area contributed by atoms with Gasteiger partial charge in [0.05, 0.1) is 18.2 Å². The van der Waals surface area contributed by atoms with Crippen molar-refractivity contribution in [2.45, 2.75) is 51.9 Å². The van der Waals surface area contributed by atoms with Crippen LogP contribution < -0.4 is 14.9 Å². The fourth-order valence-electron chi connectivity index (χ4n) is 4.41. The van der Waals surface area contributed by atoms with Gasteiger partial charge in [-0.05, 0) is 51.8 Å². The minimum atomic E-state index is -0.681. The highest BCUT2D eigenvalue weighted by atomic mass is 17.3. The minimum absolute atomic E-state index is 0.108. The van der Waals surface area contributed by atoms with E-state index in [1.165, 1.54) is 6.26 Å². The van der Waals surface area contributed by atoms with Crippen LogP contribution in [0.15, 0.2) is 51.4 Å². The largest absolute Gasteiger partial charge is 0.507 e. The quantitative estimate of drug-likeness (QED) is 0.430. The number of phenolic OH excluding ortho intramolecular Hbond substituents is 1. The lowest BCUT2D eigenvalue weighted by atomic mass is 9.84. The van der Waals surface area contributed by atoms with Crippen LogP contribution in [0.2, 0.25) is 0 Å². The molecule has 0 saturated carbocycles. The first-order chi connectivity index (χ1) is 15.7. The van der Waals surface area contributed by atoms with Gasteiger partial charge in [-0.3, -0.25) is 4.79 Å². The third kappa shape index (κ3) is 3.31. The van der Waals surface area contributed by atoms with Crippen molar-refractivity contribution in [3.05, 3.63) is 63.5 Å². The van der Waals surface area contributed by atoms with E-state index in [1.807, 2.05) is 33.8 Å². The molecule has 0 unspecified atom stereocenters. The predicted octanol–water partition coefficient (Wildman–Crippen LogP) is 5.23. The Bertz CT molecular complexity index is 1330. The lowest BCUT2D eigenvalue weighted by Gasteiger charge is -2.49. The monoisotopic (exact) mass is 450 g/mol. The van der Waals surface area contributed by atoms with Crippen molar-refractivity contribution in [3.8, 4) is 28.4 Å². The second kappa shape index (κ2) is 7.64. The van der Waals surface area contributed by atoms with Gasteiger partial charge in [0.2, 0.25) is 5.43 Å². The lowest BCUT2D eigenvalue weighted by molar-refractivity contribution is -0.494. The Kier molecular flexibility index (Phi) is 4.99. The average molecular weight is 450 g/mol.